The van der Waals surface area contributed by atoms with E-state index >= 15 is 0 Å². The molecule has 2 aromatic carbocycles. The molecular formula is C27H25BrN2O3. The van der Waals surface area contributed by atoms with Gasteiger partial charge in [0.1, 0.15) is 5.76 Å². The maximum atomic E-state index is 13.2. The van der Waals surface area contributed by atoms with Gasteiger partial charge in [-0.2, -0.15) is 0 Å². The Morgan fingerprint density at radius 1 is 1.06 bits per heavy atom. The van der Waals surface area contributed by atoms with E-state index in [2.05, 4.69) is 41.7 Å². The van der Waals surface area contributed by atoms with E-state index in [4.69, 9.17) is 0 Å². The van der Waals surface area contributed by atoms with Crippen LogP contribution in [0.3, 0.4) is 0 Å². The molecule has 1 saturated heterocycles. The van der Waals surface area contributed by atoms with Crippen molar-refractivity contribution in [2.45, 2.75) is 39.2 Å². The smallest absolute Gasteiger partial charge is 0.300 e. The van der Waals surface area contributed by atoms with E-state index in [9.17, 15) is 14.7 Å². The lowest BCUT2D eigenvalue weighted by atomic mass is 9.87. The lowest BCUT2D eigenvalue weighted by molar-refractivity contribution is -0.132. The highest BCUT2D eigenvalue weighted by Gasteiger charge is 2.47. The number of aliphatic hydroxyl groups excluding tert-OH is 1. The first-order valence-electron chi connectivity index (χ1n) is 10.7. The van der Waals surface area contributed by atoms with Crippen molar-refractivity contribution < 1.29 is 14.7 Å². The maximum Gasteiger partial charge on any atom is 0.300 e. The van der Waals surface area contributed by atoms with Crippen LogP contribution >= 0.6 is 15.9 Å². The number of rotatable bonds is 3. The van der Waals surface area contributed by atoms with Gasteiger partial charge in [-0.3, -0.25) is 19.5 Å². The second kappa shape index (κ2) is 8.60. The highest BCUT2D eigenvalue weighted by molar-refractivity contribution is 9.10. The molecule has 5 nitrogen and oxygen atoms in total. The predicted octanol–water partition coefficient (Wildman–Crippen LogP) is 6.08. The molecule has 33 heavy (non-hydrogen) atoms. The van der Waals surface area contributed by atoms with Gasteiger partial charge in [-0.1, -0.05) is 61.0 Å². The highest BCUT2D eigenvalue weighted by atomic mass is 79.9. The van der Waals surface area contributed by atoms with Crippen LogP contribution in [0.15, 0.2) is 77.0 Å². The molecule has 1 aliphatic heterocycles. The van der Waals surface area contributed by atoms with Gasteiger partial charge in [-0.25, -0.2) is 0 Å². The third-order valence-corrected chi connectivity index (χ3v) is 6.78. The van der Waals surface area contributed by atoms with Crippen LogP contribution in [0.5, 0.6) is 0 Å². The summed E-state index contributed by atoms with van der Waals surface area (Å²) in [5.41, 5.74) is 3.74. The third kappa shape index (κ3) is 4.23. The van der Waals surface area contributed by atoms with Gasteiger partial charge >= 0.3 is 0 Å². The summed E-state index contributed by atoms with van der Waals surface area (Å²) in [5, 5.41) is 11.2. The highest BCUT2D eigenvalue weighted by Crippen LogP contribution is 2.42. The molecule has 168 valence electrons. The first-order chi connectivity index (χ1) is 15.6. The molecule has 2 heterocycles. The molecular weight excluding hydrogens is 480 g/mol. The Morgan fingerprint density at radius 3 is 2.33 bits per heavy atom. The van der Waals surface area contributed by atoms with Crippen LogP contribution < -0.4 is 4.90 Å². The summed E-state index contributed by atoms with van der Waals surface area (Å²) in [6.45, 7) is 8.24. The SMILES string of the molecule is Cc1cc(/C(O)=C2/C(=O)C(=O)N(c3ccc(C(C)(C)C)cc3)C2c2cccnc2)ccc1Br. The molecule has 4 rings (SSSR count). The second-order valence-corrected chi connectivity index (χ2v) is 10.1. The number of Topliss-reactive ketones (excluding diaryl/α,β-unsaturated/α-hetero) is 1. The molecule has 1 fully saturated rings. The minimum atomic E-state index is -0.789. The molecule has 0 radical (unpaired) electrons. The molecule has 1 atom stereocenters. The average Bonchev–Trinajstić information content (AvgIpc) is 3.06. The van der Waals surface area contributed by atoms with Crippen LogP contribution in [0.2, 0.25) is 0 Å². The molecule has 0 spiro atoms. The number of anilines is 1. The topological polar surface area (TPSA) is 70.5 Å². The van der Waals surface area contributed by atoms with Crippen molar-refractivity contribution in [1.29, 1.82) is 0 Å². The number of aliphatic hydroxyl groups is 1. The van der Waals surface area contributed by atoms with Crippen LogP contribution in [-0.4, -0.2) is 21.8 Å². The largest absolute Gasteiger partial charge is 0.507 e. The molecule has 1 aromatic heterocycles. The van der Waals surface area contributed by atoms with E-state index in [0.29, 0.717) is 16.8 Å². The van der Waals surface area contributed by atoms with Crippen molar-refractivity contribution in [3.8, 4) is 0 Å². The number of halogens is 1. The lowest BCUT2D eigenvalue weighted by Crippen LogP contribution is -2.29. The zero-order valence-corrected chi connectivity index (χ0v) is 20.6. The van der Waals surface area contributed by atoms with Gasteiger partial charge in [0.15, 0.2) is 0 Å². The van der Waals surface area contributed by atoms with E-state index < -0.39 is 17.7 Å². The quantitative estimate of drug-likeness (QED) is 0.266. The Kier molecular flexibility index (Phi) is 5.97. The van der Waals surface area contributed by atoms with E-state index in [1.807, 2.05) is 37.3 Å². The molecule has 0 saturated carbocycles. The van der Waals surface area contributed by atoms with Gasteiger partial charge in [-0.05, 0) is 59.4 Å². The number of amides is 1. The Balaban J connectivity index is 1.90. The van der Waals surface area contributed by atoms with Gasteiger partial charge in [0, 0.05) is 28.1 Å². The van der Waals surface area contributed by atoms with E-state index in [1.54, 1.807) is 36.7 Å². The third-order valence-electron chi connectivity index (χ3n) is 5.89. The Morgan fingerprint density at radius 2 is 1.76 bits per heavy atom. The number of pyridine rings is 1. The number of carbonyl (C=O) groups excluding carboxylic acids is 2. The van der Waals surface area contributed by atoms with Crippen molar-refractivity contribution in [1.82, 2.24) is 4.98 Å². The van der Waals surface area contributed by atoms with Crippen LogP contribution in [-0.2, 0) is 15.0 Å². The molecule has 1 N–H and O–H groups in total. The summed E-state index contributed by atoms with van der Waals surface area (Å²) in [6.07, 6.45) is 3.25. The van der Waals surface area contributed by atoms with Gasteiger partial charge in [0.25, 0.3) is 11.7 Å². The summed E-state index contributed by atoms with van der Waals surface area (Å²) in [6, 6.07) is 15.7. The summed E-state index contributed by atoms with van der Waals surface area (Å²) >= 11 is 3.46. The molecule has 0 bridgehead atoms. The average molecular weight is 505 g/mol. The zero-order valence-electron chi connectivity index (χ0n) is 19.0. The van der Waals surface area contributed by atoms with Gasteiger partial charge in [-0.15, -0.1) is 0 Å². The molecule has 3 aromatic rings. The van der Waals surface area contributed by atoms with Crippen LogP contribution in [0.1, 0.15) is 49.1 Å². The summed E-state index contributed by atoms with van der Waals surface area (Å²) in [4.78, 5) is 32.1. The summed E-state index contributed by atoms with van der Waals surface area (Å²) < 4.78 is 0.891. The van der Waals surface area contributed by atoms with Crippen molar-refractivity contribution in [2.24, 2.45) is 0 Å². The van der Waals surface area contributed by atoms with Crippen molar-refractivity contribution in [3.05, 3.63) is 99.3 Å². The van der Waals surface area contributed by atoms with E-state index in [-0.39, 0.29) is 16.7 Å². The van der Waals surface area contributed by atoms with Crippen LogP contribution in [0.4, 0.5) is 5.69 Å². The number of benzene rings is 2. The molecule has 6 heteroatoms. The monoisotopic (exact) mass is 504 g/mol. The minimum Gasteiger partial charge on any atom is -0.507 e. The van der Waals surface area contributed by atoms with Gasteiger partial charge in [0.05, 0.1) is 11.6 Å². The van der Waals surface area contributed by atoms with Gasteiger partial charge < -0.3 is 5.11 Å². The summed E-state index contributed by atoms with van der Waals surface area (Å²) in [5.74, 6) is -1.60. The van der Waals surface area contributed by atoms with Gasteiger partial charge in [0.2, 0.25) is 0 Å². The van der Waals surface area contributed by atoms with Crippen molar-refractivity contribution in [3.63, 3.8) is 0 Å². The molecule has 1 aliphatic rings. The Labute approximate surface area is 201 Å². The zero-order chi connectivity index (χ0) is 23.9. The molecule has 1 unspecified atom stereocenters. The predicted molar refractivity (Wildman–Crippen MR) is 133 cm³/mol. The summed E-state index contributed by atoms with van der Waals surface area (Å²) in [7, 11) is 0. The number of hydrogen-bond acceptors (Lipinski definition) is 4. The fourth-order valence-corrected chi connectivity index (χ4v) is 4.27. The van der Waals surface area contributed by atoms with E-state index in [0.717, 1.165) is 15.6 Å². The Hall–Kier alpha value is -3.25. The minimum absolute atomic E-state index is 0.0467. The first-order valence-corrected chi connectivity index (χ1v) is 11.5. The molecule has 1 amide bonds. The lowest BCUT2D eigenvalue weighted by Gasteiger charge is -2.26. The van der Waals surface area contributed by atoms with Crippen molar-refractivity contribution >= 4 is 39.1 Å². The normalized spacial score (nSPS) is 18.1. The number of nitrogens with zero attached hydrogens (tertiary/aromatic N) is 2. The number of hydrogen-bond donors (Lipinski definition) is 1. The fraction of sp³-hybridized carbons (Fsp3) is 0.222. The standard InChI is InChI=1S/C27H25BrN2O3/c1-16-14-17(7-12-21(16)28)24(31)22-23(18-6-5-13-29-15-18)30(26(33)25(22)32)20-10-8-19(9-11-20)27(2,3)4/h5-15,23,31H,1-4H3/b24-22-. The first kappa shape index (κ1) is 22.9. The number of aryl methyl sites for hydroxylation is 1. The second-order valence-electron chi connectivity index (χ2n) is 9.22. The Bertz CT molecular complexity index is 1260. The number of carbonyl (C=O) groups is 2. The van der Waals surface area contributed by atoms with Crippen molar-refractivity contribution in [2.75, 3.05) is 4.90 Å². The van der Waals surface area contributed by atoms with E-state index in [1.165, 1.54) is 4.90 Å². The van der Waals surface area contributed by atoms with Crippen LogP contribution in [0.25, 0.3) is 5.76 Å². The number of ketones is 1. The van der Waals surface area contributed by atoms with Crippen LogP contribution in [0, 0.1) is 6.92 Å². The molecule has 0 aliphatic carbocycles. The number of aromatic nitrogens is 1. The fourth-order valence-electron chi connectivity index (χ4n) is 4.02. The maximum absolute atomic E-state index is 13.2.